The first-order valence-corrected chi connectivity index (χ1v) is 8.72. The third kappa shape index (κ3) is 6.21. The van der Waals surface area contributed by atoms with E-state index >= 15 is 0 Å². The van der Waals surface area contributed by atoms with Gasteiger partial charge in [0.2, 0.25) is 0 Å². The lowest BCUT2D eigenvalue weighted by molar-refractivity contribution is 0.306. The normalized spacial score (nSPS) is 10.2. The summed E-state index contributed by atoms with van der Waals surface area (Å²) in [6, 6.07) is 25.4. The van der Waals surface area contributed by atoms with E-state index in [2.05, 4.69) is 79.8 Å². The van der Waals surface area contributed by atoms with E-state index in [4.69, 9.17) is 4.74 Å². The summed E-state index contributed by atoms with van der Waals surface area (Å²) in [5.41, 5.74) is 6.32. The van der Waals surface area contributed by atoms with Crippen molar-refractivity contribution in [3.63, 3.8) is 0 Å². The fraction of sp³-hybridized carbons (Fsp3) is 0.217. The van der Waals surface area contributed by atoms with Crippen molar-refractivity contribution in [3.05, 3.63) is 101 Å². The van der Waals surface area contributed by atoms with Crippen LogP contribution in [0.3, 0.4) is 0 Å². The Balaban J connectivity index is 0.00000243. The number of ether oxygens (including phenoxy) is 1. The van der Waals surface area contributed by atoms with Crippen LogP contribution in [0.15, 0.2) is 72.8 Å². The molecule has 0 radical (unpaired) electrons. The molecule has 0 fully saturated rings. The molecule has 0 aliphatic heterocycles. The molecule has 0 aromatic heterocycles. The Labute approximate surface area is 162 Å². The van der Waals surface area contributed by atoms with E-state index in [9.17, 15) is 0 Å². The lowest BCUT2D eigenvalue weighted by Crippen LogP contribution is -2.12. The zero-order valence-electron chi connectivity index (χ0n) is 15.4. The minimum absolute atomic E-state index is 0. The Morgan fingerprint density at radius 2 is 1.04 bits per heavy atom. The summed E-state index contributed by atoms with van der Waals surface area (Å²) in [6.07, 6.45) is 0. The highest BCUT2D eigenvalue weighted by Gasteiger charge is 1.98. The van der Waals surface area contributed by atoms with Crippen LogP contribution in [0, 0.1) is 13.8 Å². The van der Waals surface area contributed by atoms with Gasteiger partial charge >= 0.3 is 0 Å². The predicted octanol–water partition coefficient (Wildman–Crippen LogP) is 5.59. The van der Waals surface area contributed by atoms with Crippen molar-refractivity contribution in [1.29, 1.82) is 0 Å². The topological polar surface area (TPSA) is 21.3 Å². The Morgan fingerprint density at radius 3 is 1.54 bits per heavy atom. The second kappa shape index (κ2) is 10.0. The van der Waals surface area contributed by atoms with Gasteiger partial charge in [-0.25, -0.2) is 0 Å². The molecular formula is C23H26ClNO. The van der Waals surface area contributed by atoms with Crippen molar-refractivity contribution in [3.8, 4) is 5.75 Å². The van der Waals surface area contributed by atoms with Crippen LogP contribution in [0.5, 0.6) is 5.75 Å². The van der Waals surface area contributed by atoms with Crippen LogP contribution in [0.1, 0.15) is 27.8 Å². The van der Waals surface area contributed by atoms with Crippen LogP contribution in [0.25, 0.3) is 0 Å². The molecule has 0 aliphatic rings. The Hall–Kier alpha value is -2.29. The fourth-order valence-corrected chi connectivity index (χ4v) is 2.61. The number of rotatable bonds is 7. The fourth-order valence-electron chi connectivity index (χ4n) is 2.61. The summed E-state index contributed by atoms with van der Waals surface area (Å²) in [5, 5.41) is 3.48. The lowest BCUT2D eigenvalue weighted by Gasteiger charge is -2.09. The predicted molar refractivity (Wildman–Crippen MR) is 111 cm³/mol. The molecule has 3 rings (SSSR count). The monoisotopic (exact) mass is 367 g/mol. The van der Waals surface area contributed by atoms with Crippen LogP contribution >= 0.6 is 12.4 Å². The maximum Gasteiger partial charge on any atom is 0.119 e. The maximum atomic E-state index is 5.85. The third-order valence-electron chi connectivity index (χ3n) is 4.23. The number of aryl methyl sites for hydroxylation is 2. The Morgan fingerprint density at radius 1 is 0.615 bits per heavy atom. The molecule has 0 saturated carbocycles. The van der Waals surface area contributed by atoms with Crippen LogP contribution in [0.4, 0.5) is 0 Å². The molecule has 136 valence electrons. The molecule has 3 heteroatoms. The number of halogens is 1. The standard InChI is InChI=1S/C23H25NO.ClH/c1-18-3-7-20(8-4-18)15-24-16-21-11-13-23(14-12-21)25-17-22-9-5-19(2)6-10-22;/h3-14,24H,15-17H2,1-2H3;1H. The van der Waals surface area contributed by atoms with Gasteiger partial charge in [-0.2, -0.15) is 0 Å². The molecule has 3 aromatic rings. The number of benzene rings is 3. The van der Waals surface area contributed by atoms with Crippen molar-refractivity contribution in [1.82, 2.24) is 5.32 Å². The summed E-state index contributed by atoms with van der Waals surface area (Å²) >= 11 is 0. The van der Waals surface area contributed by atoms with Crippen LogP contribution < -0.4 is 10.1 Å². The van der Waals surface area contributed by atoms with Gasteiger partial charge in [0, 0.05) is 13.1 Å². The molecule has 3 aromatic carbocycles. The van der Waals surface area contributed by atoms with Crippen molar-refractivity contribution < 1.29 is 4.74 Å². The summed E-state index contributed by atoms with van der Waals surface area (Å²) in [4.78, 5) is 0. The van der Waals surface area contributed by atoms with E-state index in [0.29, 0.717) is 6.61 Å². The molecule has 0 spiro atoms. The highest BCUT2D eigenvalue weighted by Crippen LogP contribution is 2.15. The van der Waals surface area contributed by atoms with Gasteiger partial charge in [0.25, 0.3) is 0 Å². The molecule has 0 aliphatic carbocycles. The van der Waals surface area contributed by atoms with Gasteiger partial charge < -0.3 is 10.1 Å². The van der Waals surface area contributed by atoms with Crippen molar-refractivity contribution >= 4 is 12.4 Å². The minimum atomic E-state index is 0. The van der Waals surface area contributed by atoms with E-state index < -0.39 is 0 Å². The summed E-state index contributed by atoms with van der Waals surface area (Å²) < 4.78 is 5.85. The molecule has 0 bridgehead atoms. The number of hydrogen-bond donors (Lipinski definition) is 1. The van der Waals surface area contributed by atoms with E-state index in [1.165, 1.54) is 27.8 Å². The zero-order chi connectivity index (χ0) is 17.5. The number of hydrogen-bond acceptors (Lipinski definition) is 2. The molecule has 0 amide bonds. The first kappa shape index (κ1) is 20.0. The molecule has 26 heavy (non-hydrogen) atoms. The largest absolute Gasteiger partial charge is 0.489 e. The highest BCUT2D eigenvalue weighted by molar-refractivity contribution is 5.85. The average molecular weight is 368 g/mol. The SMILES string of the molecule is Cc1ccc(CNCc2ccc(OCc3ccc(C)cc3)cc2)cc1.Cl. The van der Waals surface area contributed by atoms with Gasteiger partial charge in [0.1, 0.15) is 12.4 Å². The zero-order valence-corrected chi connectivity index (χ0v) is 16.2. The van der Waals surface area contributed by atoms with E-state index in [-0.39, 0.29) is 12.4 Å². The molecule has 0 heterocycles. The molecule has 0 saturated heterocycles. The third-order valence-corrected chi connectivity index (χ3v) is 4.23. The molecule has 2 nitrogen and oxygen atoms in total. The van der Waals surface area contributed by atoms with Gasteiger partial charge in [0.05, 0.1) is 0 Å². The van der Waals surface area contributed by atoms with Crippen molar-refractivity contribution in [2.75, 3.05) is 0 Å². The first-order valence-electron chi connectivity index (χ1n) is 8.72. The minimum Gasteiger partial charge on any atom is -0.489 e. The summed E-state index contributed by atoms with van der Waals surface area (Å²) in [5.74, 6) is 0.905. The number of nitrogens with one attached hydrogen (secondary N) is 1. The van der Waals surface area contributed by atoms with Gasteiger partial charge in [-0.1, -0.05) is 71.8 Å². The van der Waals surface area contributed by atoms with Crippen molar-refractivity contribution in [2.45, 2.75) is 33.5 Å². The quantitative estimate of drug-likeness (QED) is 0.587. The van der Waals surface area contributed by atoms with Gasteiger partial charge in [0.15, 0.2) is 0 Å². The van der Waals surface area contributed by atoms with E-state index in [1.807, 2.05) is 12.1 Å². The van der Waals surface area contributed by atoms with Gasteiger partial charge in [-0.15, -0.1) is 12.4 Å². The summed E-state index contributed by atoms with van der Waals surface area (Å²) in [6.45, 7) is 6.54. The molecular weight excluding hydrogens is 342 g/mol. The van der Waals surface area contributed by atoms with E-state index in [1.54, 1.807) is 0 Å². The smallest absolute Gasteiger partial charge is 0.119 e. The molecule has 1 N–H and O–H groups in total. The lowest BCUT2D eigenvalue weighted by atomic mass is 10.1. The van der Waals surface area contributed by atoms with Gasteiger partial charge in [-0.05, 0) is 42.7 Å². The summed E-state index contributed by atoms with van der Waals surface area (Å²) in [7, 11) is 0. The van der Waals surface area contributed by atoms with Crippen LogP contribution in [0.2, 0.25) is 0 Å². The molecule has 0 atom stereocenters. The van der Waals surface area contributed by atoms with Crippen LogP contribution in [-0.4, -0.2) is 0 Å². The van der Waals surface area contributed by atoms with Crippen LogP contribution in [-0.2, 0) is 19.7 Å². The molecule has 0 unspecified atom stereocenters. The Bertz CT molecular complexity index is 780. The van der Waals surface area contributed by atoms with Gasteiger partial charge in [-0.3, -0.25) is 0 Å². The Kier molecular flexibility index (Phi) is 7.71. The van der Waals surface area contributed by atoms with E-state index in [0.717, 1.165) is 18.8 Å². The maximum absolute atomic E-state index is 5.85. The van der Waals surface area contributed by atoms with Crippen molar-refractivity contribution in [2.24, 2.45) is 0 Å². The second-order valence-corrected chi connectivity index (χ2v) is 6.51. The average Bonchev–Trinajstić information content (AvgIpc) is 2.64. The first-order chi connectivity index (χ1) is 12.2. The highest BCUT2D eigenvalue weighted by atomic mass is 35.5. The second-order valence-electron chi connectivity index (χ2n) is 6.51.